The summed E-state index contributed by atoms with van der Waals surface area (Å²) in [5.74, 6) is 0.905. The Kier molecular flexibility index (Phi) is 6.55. The van der Waals surface area contributed by atoms with Gasteiger partial charge in [-0.25, -0.2) is 0 Å². The Bertz CT molecular complexity index is 264. The van der Waals surface area contributed by atoms with Crippen LogP contribution in [0.15, 0.2) is 30.8 Å². The van der Waals surface area contributed by atoms with Crippen molar-refractivity contribution in [1.29, 1.82) is 0 Å². The zero-order chi connectivity index (χ0) is 11.0. The first kappa shape index (κ1) is 12.8. The Labute approximate surface area is 87.4 Å². The standard InChI is InChI=1S/C11H14O.C2H6/c1-4-10-7-5-6-8-11(10)12-9(2)3;1-2/h4-9H,1H2,2-3H3;1-2H3. The van der Waals surface area contributed by atoms with Gasteiger partial charge in [0.15, 0.2) is 0 Å². The molecule has 0 saturated heterocycles. The van der Waals surface area contributed by atoms with Gasteiger partial charge in [0.1, 0.15) is 5.75 Å². The van der Waals surface area contributed by atoms with Gasteiger partial charge in [0.05, 0.1) is 6.10 Å². The maximum Gasteiger partial charge on any atom is 0.126 e. The molecule has 0 aliphatic heterocycles. The Hall–Kier alpha value is -1.24. The molecule has 14 heavy (non-hydrogen) atoms. The molecule has 0 radical (unpaired) electrons. The molecule has 0 amide bonds. The van der Waals surface area contributed by atoms with Crippen molar-refractivity contribution in [3.05, 3.63) is 36.4 Å². The average Bonchev–Trinajstić information content (AvgIpc) is 2.21. The van der Waals surface area contributed by atoms with E-state index in [0.29, 0.717) is 0 Å². The number of benzene rings is 1. The van der Waals surface area contributed by atoms with Crippen LogP contribution in [0.3, 0.4) is 0 Å². The van der Waals surface area contributed by atoms with E-state index >= 15 is 0 Å². The van der Waals surface area contributed by atoms with Crippen LogP contribution in [-0.4, -0.2) is 6.10 Å². The molecule has 78 valence electrons. The molecular weight excluding hydrogens is 172 g/mol. The van der Waals surface area contributed by atoms with Crippen LogP contribution in [0.25, 0.3) is 6.08 Å². The van der Waals surface area contributed by atoms with Crippen molar-refractivity contribution >= 4 is 6.08 Å². The predicted octanol–water partition coefficient (Wildman–Crippen LogP) is 4.14. The normalized spacial score (nSPS) is 8.93. The van der Waals surface area contributed by atoms with Crippen molar-refractivity contribution in [1.82, 2.24) is 0 Å². The van der Waals surface area contributed by atoms with Crippen molar-refractivity contribution in [2.45, 2.75) is 33.8 Å². The lowest BCUT2D eigenvalue weighted by Crippen LogP contribution is -2.06. The molecule has 0 unspecified atom stereocenters. The highest BCUT2D eigenvalue weighted by atomic mass is 16.5. The van der Waals surface area contributed by atoms with E-state index in [-0.39, 0.29) is 6.10 Å². The van der Waals surface area contributed by atoms with Crippen LogP contribution in [-0.2, 0) is 0 Å². The summed E-state index contributed by atoms with van der Waals surface area (Å²) in [5.41, 5.74) is 1.05. The van der Waals surface area contributed by atoms with Crippen LogP contribution in [0.2, 0.25) is 0 Å². The predicted molar refractivity (Wildman–Crippen MR) is 63.6 cm³/mol. The number of para-hydroxylation sites is 1. The molecule has 0 heterocycles. The zero-order valence-corrected chi connectivity index (χ0v) is 9.58. The van der Waals surface area contributed by atoms with Crippen LogP contribution in [0.1, 0.15) is 33.3 Å². The fraction of sp³-hybridized carbons (Fsp3) is 0.385. The van der Waals surface area contributed by atoms with Gasteiger partial charge in [-0.1, -0.05) is 44.7 Å². The monoisotopic (exact) mass is 192 g/mol. The quantitative estimate of drug-likeness (QED) is 0.699. The topological polar surface area (TPSA) is 9.23 Å². The fourth-order valence-corrected chi connectivity index (χ4v) is 1.01. The fourth-order valence-electron chi connectivity index (χ4n) is 1.01. The van der Waals surface area contributed by atoms with E-state index in [1.54, 1.807) is 6.08 Å². The van der Waals surface area contributed by atoms with Gasteiger partial charge >= 0.3 is 0 Å². The summed E-state index contributed by atoms with van der Waals surface area (Å²) in [6, 6.07) is 7.89. The Morgan fingerprint density at radius 2 is 1.79 bits per heavy atom. The molecule has 0 atom stereocenters. The number of hydrogen-bond donors (Lipinski definition) is 0. The van der Waals surface area contributed by atoms with Gasteiger partial charge < -0.3 is 4.74 Å². The maximum atomic E-state index is 5.56. The highest BCUT2D eigenvalue weighted by Gasteiger charge is 2.00. The van der Waals surface area contributed by atoms with Crippen molar-refractivity contribution < 1.29 is 4.74 Å². The van der Waals surface area contributed by atoms with Crippen LogP contribution < -0.4 is 4.74 Å². The minimum Gasteiger partial charge on any atom is -0.490 e. The van der Waals surface area contributed by atoms with Crippen molar-refractivity contribution in [3.8, 4) is 5.75 Å². The van der Waals surface area contributed by atoms with E-state index < -0.39 is 0 Å². The molecule has 1 nitrogen and oxygen atoms in total. The minimum absolute atomic E-state index is 0.214. The molecule has 0 saturated carbocycles. The molecule has 1 heteroatoms. The maximum absolute atomic E-state index is 5.56. The number of rotatable bonds is 3. The largest absolute Gasteiger partial charge is 0.490 e. The molecule has 0 aromatic heterocycles. The minimum atomic E-state index is 0.214. The first-order chi connectivity index (χ1) is 6.74. The van der Waals surface area contributed by atoms with Crippen LogP contribution in [0, 0.1) is 0 Å². The van der Waals surface area contributed by atoms with E-state index in [2.05, 4.69) is 6.58 Å². The van der Waals surface area contributed by atoms with Crippen molar-refractivity contribution in [3.63, 3.8) is 0 Å². The van der Waals surface area contributed by atoms with Gasteiger partial charge in [0, 0.05) is 5.56 Å². The molecule has 0 aliphatic rings. The summed E-state index contributed by atoms with van der Waals surface area (Å²) < 4.78 is 5.56. The van der Waals surface area contributed by atoms with E-state index in [1.165, 1.54) is 0 Å². The third-order valence-corrected chi connectivity index (χ3v) is 1.50. The Morgan fingerprint density at radius 3 is 2.29 bits per heavy atom. The highest BCUT2D eigenvalue weighted by Crippen LogP contribution is 2.19. The number of ether oxygens (including phenoxy) is 1. The zero-order valence-electron chi connectivity index (χ0n) is 9.58. The van der Waals surface area contributed by atoms with E-state index in [4.69, 9.17) is 4.74 Å². The summed E-state index contributed by atoms with van der Waals surface area (Å²) in [6.07, 6.45) is 2.02. The number of hydrogen-bond acceptors (Lipinski definition) is 1. The van der Waals surface area contributed by atoms with Gasteiger partial charge in [-0.2, -0.15) is 0 Å². The molecule has 0 spiro atoms. The second-order valence-corrected chi connectivity index (χ2v) is 2.91. The van der Waals surface area contributed by atoms with E-state index in [1.807, 2.05) is 52.0 Å². The molecule has 0 aliphatic carbocycles. The Morgan fingerprint density at radius 1 is 1.21 bits per heavy atom. The summed E-state index contributed by atoms with van der Waals surface area (Å²) in [6.45, 7) is 11.7. The van der Waals surface area contributed by atoms with E-state index in [9.17, 15) is 0 Å². The van der Waals surface area contributed by atoms with E-state index in [0.717, 1.165) is 11.3 Å². The first-order valence-electron chi connectivity index (χ1n) is 5.12. The molecular formula is C13H20O. The summed E-state index contributed by atoms with van der Waals surface area (Å²) in [4.78, 5) is 0. The molecule has 0 bridgehead atoms. The van der Waals surface area contributed by atoms with Crippen molar-refractivity contribution in [2.75, 3.05) is 0 Å². The summed E-state index contributed by atoms with van der Waals surface area (Å²) >= 11 is 0. The second-order valence-electron chi connectivity index (χ2n) is 2.91. The SMILES string of the molecule is C=Cc1ccccc1OC(C)C.CC. The lowest BCUT2D eigenvalue weighted by atomic mass is 10.2. The lowest BCUT2D eigenvalue weighted by Gasteiger charge is -2.11. The highest BCUT2D eigenvalue weighted by molar-refractivity contribution is 5.55. The van der Waals surface area contributed by atoms with Gasteiger partial charge in [-0.3, -0.25) is 0 Å². The van der Waals surface area contributed by atoms with Gasteiger partial charge in [-0.05, 0) is 19.9 Å². The third-order valence-electron chi connectivity index (χ3n) is 1.50. The molecule has 0 fully saturated rings. The summed E-state index contributed by atoms with van der Waals surface area (Å²) in [5, 5.41) is 0. The van der Waals surface area contributed by atoms with Crippen LogP contribution >= 0.6 is 0 Å². The van der Waals surface area contributed by atoms with Gasteiger partial charge in [0.25, 0.3) is 0 Å². The van der Waals surface area contributed by atoms with Crippen molar-refractivity contribution in [2.24, 2.45) is 0 Å². The lowest BCUT2D eigenvalue weighted by molar-refractivity contribution is 0.242. The second kappa shape index (κ2) is 7.19. The smallest absolute Gasteiger partial charge is 0.126 e. The molecule has 1 rings (SSSR count). The van der Waals surface area contributed by atoms with Crippen LogP contribution in [0.4, 0.5) is 0 Å². The van der Waals surface area contributed by atoms with Crippen LogP contribution in [0.5, 0.6) is 5.75 Å². The molecule has 1 aromatic carbocycles. The average molecular weight is 192 g/mol. The molecule has 0 N–H and O–H groups in total. The van der Waals surface area contributed by atoms with Gasteiger partial charge in [-0.15, -0.1) is 0 Å². The summed E-state index contributed by atoms with van der Waals surface area (Å²) in [7, 11) is 0. The third kappa shape index (κ3) is 4.13. The Balaban J connectivity index is 0.000000791. The molecule has 1 aromatic rings. The first-order valence-corrected chi connectivity index (χ1v) is 5.12. The van der Waals surface area contributed by atoms with Gasteiger partial charge in [0.2, 0.25) is 0 Å².